The van der Waals surface area contributed by atoms with Gasteiger partial charge in [-0.1, -0.05) is 0 Å². The number of rotatable bonds is 3. The molecule has 5 heteroatoms. The van der Waals surface area contributed by atoms with E-state index in [0.717, 1.165) is 5.92 Å². The molecule has 0 spiro atoms. The molecule has 0 radical (unpaired) electrons. The van der Waals surface area contributed by atoms with E-state index in [4.69, 9.17) is 0 Å². The molecule has 1 aromatic carbocycles. The van der Waals surface area contributed by atoms with Crippen LogP contribution in [0.5, 0.6) is 0 Å². The van der Waals surface area contributed by atoms with Gasteiger partial charge in [-0.2, -0.15) is 0 Å². The smallest absolute Gasteiger partial charge is 0.344 e. The minimum Gasteiger partial charge on any atom is -0.344 e. The van der Waals surface area contributed by atoms with Gasteiger partial charge in [0.2, 0.25) is 0 Å². The standard InChI is InChI=1S/C18H19NO2Se.H3N/c1-18-8-4-6-11(13(18)10-18)12-5-2-3-7-14(12)22-15-9-16(20)19-17(15)21;/h2-3,5,7,9,11,13H,4,6,8,10H2,1H3,(H,19,20,21);1H3. The Labute approximate surface area is 142 Å². The third-order valence-corrected chi connectivity index (χ3v) is 7.77. The van der Waals surface area contributed by atoms with Gasteiger partial charge in [0.25, 0.3) is 0 Å². The molecular formula is C18H22N2O2Se. The predicted octanol–water partition coefficient (Wildman–Crippen LogP) is 2.01. The van der Waals surface area contributed by atoms with Gasteiger partial charge in [-0.25, -0.2) is 0 Å². The van der Waals surface area contributed by atoms with E-state index in [1.807, 2.05) is 6.07 Å². The van der Waals surface area contributed by atoms with Crippen molar-refractivity contribution in [2.75, 3.05) is 0 Å². The molecule has 4 nitrogen and oxygen atoms in total. The van der Waals surface area contributed by atoms with Crippen LogP contribution in [-0.2, 0) is 9.59 Å². The maximum absolute atomic E-state index is 11.8. The first-order chi connectivity index (χ1) is 10.6. The Morgan fingerprint density at radius 3 is 2.78 bits per heavy atom. The molecular weight excluding hydrogens is 355 g/mol. The van der Waals surface area contributed by atoms with Crippen LogP contribution < -0.4 is 15.9 Å². The summed E-state index contributed by atoms with van der Waals surface area (Å²) in [5, 5.41) is 2.35. The monoisotopic (exact) mass is 378 g/mol. The van der Waals surface area contributed by atoms with E-state index >= 15 is 0 Å². The average Bonchev–Trinajstić information content (AvgIpc) is 3.09. The predicted molar refractivity (Wildman–Crippen MR) is 90.9 cm³/mol. The molecule has 23 heavy (non-hydrogen) atoms. The molecule has 4 N–H and O–H groups in total. The Morgan fingerprint density at radius 1 is 1.26 bits per heavy atom. The van der Waals surface area contributed by atoms with Crippen LogP contribution in [0.15, 0.2) is 34.8 Å². The fraction of sp³-hybridized carbons (Fsp3) is 0.444. The van der Waals surface area contributed by atoms with E-state index in [2.05, 4.69) is 30.4 Å². The van der Waals surface area contributed by atoms with Crippen molar-refractivity contribution >= 4 is 31.2 Å². The minimum absolute atomic E-state index is 0. The quantitative estimate of drug-likeness (QED) is 0.625. The van der Waals surface area contributed by atoms with Crippen molar-refractivity contribution in [2.24, 2.45) is 11.3 Å². The summed E-state index contributed by atoms with van der Waals surface area (Å²) < 4.78 is 1.92. The minimum atomic E-state index is -0.271. The molecule has 3 atom stereocenters. The summed E-state index contributed by atoms with van der Waals surface area (Å²) in [5.41, 5.74) is 1.98. The van der Waals surface area contributed by atoms with Gasteiger partial charge >= 0.3 is 136 Å². The van der Waals surface area contributed by atoms with Crippen molar-refractivity contribution in [3.05, 3.63) is 40.4 Å². The number of carbonyl (C=O) groups is 2. The summed E-state index contributed by atoms with van der Waals surface area (Å²) in [6.45, 7) is 2.42. The SMILES string of the molecule is CC12CCCC(c3ccccc3[Se]C3=CC(=O)NC3=O)C1C2.N. The Kier molecular flexibility index (Phi) is 4.21. The normalized spacial score (nSPS) is 31.8. The third-order valence-electron chi connectivity index (χ3n) is 5.43. The van der Waals surface area contributed by atoms with E-state index in [1.165, 1.54) is 41.8 Å². The van der Waals surface area contributed by atoms with Gasteiger partial charge in [0.1, 0.15) is 0 Å². The number of nitrogens with one attached hydrogen (secondary N) is 1. The zero-order chi connectivity index (χ0) is 15.3. The summed E-state index contributed by atoms with van der Waals surface area (Å²) >= 11 is -0.0877. The van der Waals surface area contributed by atoms with E-state index in [9.17, 15) is 9.59 Å². The summed E-state index contributed by atoms with van der Waals surface area (Å²) in [6.07, 6.45) is 6.75. The molecule has 1 aromatic rings. The van der Waals surface area contributed by atoms with Crippen molar-refractivity contribution in [1.29, 1.82) is 0 Å². The van der Waals surface area contributed by atoms with E-state index in [1.54, 1.807) is 0 Å². The largest absolute Gasteiger partial charge is 0.344 e. The number of amides is 2. The molecule has 122 valence electrons. The Bertz CT molecular complexity index is 700. The van der Waals surface area contributed by atoms with Crippen molar-refractivity contribution in [3.8, 4) is 0 Å². The second-order valence-corrected chi connectivity index (χ2v) is 9.20. The Balaban J connectivity index is 0.00000156. The van der Waals surface area contributed by atoms with E-state index in [-0.39, 0.29) is 32.9 Å². The molecule has 2 amide bonds. The van der Waals surface area contributed by atoms with Gasteiger partial charge in [0.15, 0.2) is 0 Å². The molecule has 4 rings (SSSR count). The molecule has 2 fully saturated rings. The summed E-state index contributed by atoms with van der Waals surface area (Å²) in [6, 6.07) is 8.53. The van der Waals surface area contributed by atoms with Crippen LogP contribution >= 0.6 is 0 Å². The molecule has 3 unspecified atom stereocenters. The van der Waals surface area contributed by atoms with E-state index < -0.39 is 0 Å². The van der Waals surface area contributed by atoms with E-state index in [0.29, 0.717) is 15.8 Å². The molecule has 2 aliphatic carbocycles. The Hall–Kier alpha value is -1.42. The molecule has 1 heterocycles. The number of hydrogen-bond acceptors (Lipinski definition) is 3. The topological polar surface area (TPSA) is 81.2 Å². The fourth-order valence-corrected chi connectivity index (χ4v) is 6.29. The van der Waals surface area contributed by atoms with Crippen LogP contribution in [0, 0.1) is 11.3 Å². The summed E-state index contributed by atoms with van der Waals surface area (Å²) in [7, 11) is 0. The van der Waals surface area contributed by atoms with Crippen LogP contribution in [0.4, 0.5) is 0 Å². The van der Waals surface area contributed by atoms with Crippen molar-refractivity contribution in [3.63, 3.8) is 0 Å². The fourth-order valence-electron chi connectivity index (χ4n) is 4.13. The number of imide groups is 1. The number of hydrogen-bond donors (Lipinski definition) is 2. The van der Waals surface area contributed by atoms with Crippen LogP contribution in [-0.4, -0.2) is 26.8 Å². The second kappa shape index (κ2) is 5.90. The van der Waals surface area contributed by atoms with Gasteiger partial charge < -0.3 is 6.15 Å². The van der Waals surface area contributed by atoms with Gasteiger partial charge in [-0.05, 0) is 0 Å². The zero-order valence-corrected chi connectivity index (χ0v) is 15.0. The molecule has 2 saturated carbocycles. The van der Waals surface area contributed by atoms with Crippen molar-refractivity contribution in [1.82, 2.24) is 11.5 Å². The van der Waals surface area contributed by atoms with Gasteiger partial charge in [-0.3, -0.25) is 0 Å². The van der Waals surface area contributed by atoms with Crippen LogP contribution in [0.25, 0.3) is 0 Å². The van der Waals surface area contributed by atoms with Gasteiger partial charge in [-0.15, -0.1) is 0 Å². The maximum atomic E-state index is 11.8. The number of benzene rings is 1. The average molecular weight is 377 g/mol. The zero-order valence-electron chi connectivity index (χ0n) is 13.3. The first-order valence-electron chi connectivity index (χ1n) is 7.91. The molecule has 0 saturated heterocycles. The summed E-state index contributed by atoms with van der Waals surface area (Å²) in [4.78, 5) is 23.2. The van der Waals surface area contributed by atoms with Crippen molar-refractivity contribution in [2.45, 2.75) is 38.5 Å². The first-order valence-corrected chi connectivity index (χ1v) is 9.62. The van der Waals surface area contributed by atoms with Gasteiger partial charge in [0, 0.05) is 0 Å². The number of fused-ring (bicyclic) bond motifs is 1. The van der Waals surface area contributed by atoms with Crippen LogP contribution in [0.1, 0.15) is 44.1 Å². The summed E-state index contributed by atoms with van der Waals surface area (Å²) in [5.74, 6) is 0.968. The first kappa shape index (κ1) is 16.4. The van der Waals surface area contributed by atoms with Crippen LogP contribution in [0.2, 0.25) is 0 Å². The maximum Gasteiger partial charge on any atom is -0.344 e. The Morgan fingerprint density at radius 2 is 2.04 bits per heavy atom. The third kappa shape index (κ3) is 2.89. The number of carbonyl (C=O) groups excluding carboxylic acids is 2. The molecule has 3 aliphatic rings. The van der Waals surface area contributed by atoms with Crippen LogP contribution in [0.3, 0.4) is 0 Å². The van der Waals surface area contributed by atoms with Crippen molar-refractivity contribution < 1.29 is 9.59 Å². The molecule has 1 aliphatic heterocycles. The van der Waals surface area contributed by atoms with Gasteiger partial charge in [0.05, 0.1) is 0 Å². The second-order valence-electron chi connectivity index (χ2n) is 6.93. The molecule has 0 bridgehead atoms. The molecule has 0 aromatic heterocycles.